The summed E-state index contributed by atoms with van der Waals surface area (Å²) in [5.41, 5.74) is 2.01. The lowest BCUT2D eigenvalue weighted by atomic mass is 9.87. The molecular formula is C26H35ClN2O3. The Bertz CT molecular complexity index is 891. The van der Waals surface area contributed by atoms with Crippen molar-refractivity contribution in [2.75, 3.05) is 13.2 Å². The van der Waals surface area contributed by atoms with E-state index in [4.69, 9.17) is 16.3 Å². The zero-order valence-corrected chi connectivity index (χ0v) is 20.5. The summed E-state index contributed by atoms with van der Waals surface area (Å²) in [5.74, 6) is 0.153. The maximum atomic E-state index is 13.1. The summed E-state index contributed by atoms with van der Waals surface area (Å²) in [4.78, 5) is 27.3. The van der Waals surface area contributed by atoms with Crippen molar-refractivity contribution in [3.05, 3.63) is 64.7 Å². The molecule has 0 heterocycles. The molecule has 2 amide bonds. The molecule has 174 valence electrons. The van der Waals surface area contributed by atoms with E-state index >= 15 is 0 Å². The summed E-state index contributed by atoms with van der Waals surface area (Å²) < 4.78 is 5.76. The van der Waals surface area contributed by atoms with E-state index in [0.29, 0.717) is 17.3 Å². The third-order valence-corrected chi connectivity index (χ3v) is 5.75. The van der Waals surface area contributed by atoms with Gasteiger partial charge in [0.25, 0.3) is 5.91 Å². The van der Waals surface area contributed by atoms with Crippen molar-refractivity contribution in [2.45, 2.75) is 65.5 Å². The van der Waals surface area contributed by atoms with Gasteiger partial charge in [0.2, 0.25) is 5.91 Å². The lowest BCUT2D eigenvalue weighted by molar-refractivity contribution is -0.142. The Labute approximate surface area is 197 Å². The summed E-state index contributed by atoms with van der Waals surface area (Å²) >= 11 is 6.31. The largest absolute Gasteiger partial charge is 0.484 e. The Hall–Kier alpha value is -2.53. The quantitative estimate of drug-likeness (QED) is 0.488. The Balaban J connectivity index is 2.12. The predicted molar refractivity (Wildman–Crippen MR) is 130 cm³/mol. The number of hydrogen-bond acceptors (Lipinski definition) is 3. The molecule has 0 aliphatic rings. The zero-order chi connectivity index (χ0) is 23.7. The molecule has 0 aromatic heterocycles. The van der Waals surface area contributed by atoms with E-state index in [2.05, 4.69) is 33.0 Å². The first kappa shape index (κ1) is 25.7. The molecule has 0 bridgehead atoms. The number of halogens is 1. The zero-order valence-electron chi connectivity index (χ0n) is 19.8. The molecular weight excluding hydrogens is 424 g/mol. The highest BCUT2D eigenvalue weighted by molar-refractivity contribution is 6.31. The van der Waals surface area contributed by atoms with Gasteiger partial charge in [-0.3, -0.25) is 9.59 Å². The van der Waals surface area contributed by atoms with Gasteiger partial charge in [-0.05, 0) is 48.1 Å². The number of amides is 2. The molecule has 0 saturated heterocycles. The maximum absolute atomic E-state index is 13.1. The van der Waals surface area contributed by atoms with Gasteiger partial charge in [0.05, 0.1) is 0 Å². The van der Waals surface area contributed by atoms with Crippen molar-refractivity contribution in [1.29, 1.82) is 0 Å². The van der Waals surface area contributed by atoms with Crippen molar-refractivity contribution < 1.29 is 14.3 Å². The fourth-order valence-corrected chi connectivity index (χ4v) is 3.40. The lowest BCUT2D eigenvalue weighted by Gasteiger charge is -2.29. The Kier molecular flexibility index (Phi) is 9.58. The Morgan fingerprint density at radius 2 is 1.75 bits per heavy atom. The van der Waals surface area contributed by atoms with Crippen LogP contribution in [0, 0.1) is 0 Å². The van der Waals surface area contributed by atoms with Gasteiger partial charge in [-0.15, -0.1) is 0 Å². The molecule has 6 heteroatoms. The van der Waals surface area contributed by atoms with Crippen LogP contribution in [0.3, 0.4) is 0 Å². The van der Waals surface area contributed by atoms with E-state index < -0.39 is 6.04 Å². The van der Waals surface area contributed by atoms with Crippen LogP contribution >= 0.6 is 11.6 Å². The summed E-state index contributed by atoms with van der Waals surface area (Å²) in [5, 5.41) is 3.46. The molecule has 0 unspecified atom stereocenters. The second-order valence-corrected chi connectivity index (χ2v) is 9.40. The predicted octanol–water partition coefficient (Wildman–Crippen LogP) is 5.35. The average molecular weight is 459 g/mol. The summed E-state index contributed by atoms with van der Waals surface area (Å²) in [6.07, 6.45) is 1.88. The maximum Gasteiger partial charge on any atom is 0.261 e. The molecule has 1 atom stereocenters. The first-order chi connectivity index (χ1) is 15.1. The van der Waals surface area contributed by atoms with Crippen LogP contribution in [0.25, 0.3) is 0 Å². The number of benzene rings is 2. The van der Waals surface area contributed by atoms with Crippen LogP contribution in [0.2, 0.25) is 5.02 Å². The topological polar surface area (TPSA) is 58.6 Å². The monoisotopic (exact) mass is 458 g/mol. The van der Waals surface area contributed by atoms with Crippen LogP contribution in [-0.2, 0) is 21.5 Å². The smallest absolute Gasteiger partial charge is 0.261 e. The van der Waals surface area contributed by atoms with E-state index in [1.807, 2.05) is 42.5 Å². The number of carbonyl (C=O) groups excluding carboxylic acids is 2. The first-order valence-electron chi connectivity index (χ1n) is 11.2. The molecule has 0 radical (unpaired) electrons. The fraction of sp³-hybridized carbons (Fsp3) is 0.462. The van der Waals surface area contributed by atoms with Gasteiger partial charge in [-0.2, -0.15) is 0 Å². The van der Waals surface area contributed by atoms with Crippen molar-refractivity contribution in [3.8, 4) is 5.75 Å². The molecule has 32 heavy (non-hydrogen) atoms. The van der Waals surface area contributed by atoms with Crippen molar-refractivity contribution >= 4 is 23.4 Å². The van der Waals surface area contributed by atoms with Gasteiger partial charge in [-0.1, -0.05) is 76.0 Å². The second kappa shape index (κ2) is 11.9. The van der Waals surface area contributed by atoms with E-state index in [9.17, 15) is 9.59 Å². The molecule has 0 aliphatic heterocycles. The SMILES string of the molecule is CCCCNC(=O)[C@H](C)N(Cc1ccccc1Cl)C(=O)COc1ccc(C(C)(C)C)cc1. The number of ether oxygens (including phenoxy) is 1. The molecule has 1 N–H and O–H groups in total. The summed E-state index contributed by atoms with van der Waals surface area (Å²) in [6, 6.07) is 14.4. The molecule has 0 aliphatic carbocycles. The van der Waals surface area contributed by atoms with Crippen LogP contribution in [0.1, 0.15) is 58.6 Å². The third kappa shape index (κ3) is 7.56. The van der Waals surface area contributed by atoms with E-state index in [-0.39, 0.29) is 30.4 Å². The van der Waals surface area contributed by atoms with Gasteiger partial charge < -0.3 is 15.0 Å². The second-order valence-electron chi connectivity index (χ2n) is 9.00. The van der Waals surface area contributed by atoms with Crippen LogP contribution in [0.5, 0.6) is 5.75 Å². The van der Waals surface area contributed by atoms with Crippen LogP contribution in [-0.4, -0.2) is 35.9 Å². The third-order valence-electron chi connectivity index (χ3n) is 5.38. The average Bonchev–Trinajstić information content (AvgIpc) is 2.76. The van der Waals surface area contributed by atoms with Crippen LogP contribution in [0.4, 0.5) is 0 Å². The van der Waals surface area contributed by atoms with Gasteiger partial charge in [0, 0.05) is 18.1 Å². The summed E-state index contributed by atoms with van der Waals surface area (Å²) in [7, 11) is 0. The van der Waals surface area contributed by atoms with Crippen molar-refractivity contribution in [2.24, 2.45) is 0 Å². The molecule has 0 fully saturated rings. The molecule has 0 spiro atoms. The molecule has 2 aromatic rings. The molecule has 2 aromatic carbocycles. The highest BCUT2D eigenvalue weighted by Crippen LogP contribution is 2.24. The van der Waals surface area contributed by atoms with Gasteiger partial charge >= 0.3 is 0 Å². The van der Waals surface area contributed by atoms with Gasteiger partial charge in [0.1, 0.15) is 11.8 Å². The minimum atomic E-state index is -0.650. The number of hydrogen-bond donors (Lipinski definition) is 1. The minimum Gasteiger partial charge on any atom is -0.484 e. The Morgan fingerprint density at radius 3 is 2.34 bits per heavy atom. The van der Waals surface area contributed by atoms with Crippen molar-refractivity contribution in [1.82, 2.24) is 10.2 Å². The molecule has 0 saturated carbocycles. The highest BCUT2D eigenvalue weighted by atomic mass is 35.5. The van der Waals surface area contributed by atoms with E-state index in [0.717, 1.165) is 18.4 Å². The molecule has 2 rings (SSSR count). The van der Waals surface area contributed by atoms with E-state index in [1.165, 1.54) is 10.5 Å². The van der Waals surface area contributed by atoms with Crippen molar-refractivity contribution in [3.63, 3.8) is 0 Å². The van der Waals surface area contributed by atoms with Gasteiger partial charge in [-0.25, -0.2) is 0 Å². The highest BCUT2D eigenvalue weighted by Gasteiger charge is 2.27. The standard InChI is InChI=1S/C26H35ClN2O3/c1-6-7-16-28-25(31)19(2)29(17-20-10-8-9-11-23(20)27)24(30)18-32-22-14-12-21(13-15-22)26(3,4)5/h8-15,19H,6-7,16-18H2,1-5H3,(H,28,31)/t19-/m0/s1. The van der Waals surface area contributed by atoms with Crippen LogP contribution in [0.15, 0.2) is 48.5 Å². The number of rotatable bonds is 10. The number of carbonyl (C=O) groups is 2. The number of nitrogens with one attached hydrogen (secondary N) is 1. The molecule has 5 nitrogen and oxygen atoms in total. The first-order valence-corrected chi connectivity index (χ1v) is 11.5. The minimum absolute atomic E-state index is 0.0423. The summed E-state index contributed by atoms with van der Waals surface area (Å²) in [6.45, 7) is 10.9. The normalized spacial score (nSPS) is 12.2. The number of nitrogens with zero attached hydrogens (tertiary/aromatic N) is 1. The lowest BCUT2D eigenvalue weighted by Crippen LogP contribution is -2.49. The van der Waals surface area contributed by atoms with E-state index in [1.54, 1.807) is 13.0 Å². The van der Waals surface area contributed by atoms with Gasteiger partial charge in [0.15, 0.2) is 6.61 Å². The number of unbranched alkanes of at least 4 members (excludes halogenated alkanes) is 1. The fourth-order valence-electron chi connectivity index (χ4n) is 3.21. The van der Waals surface area contributed by atoms with Crippen LogP contribution < -0.4 is 10.1 Å². The Morgan fingerprint density at radius 1 is 1.09 bits per heavy atom.